The van der Waals surface area contributed by atoms with Gasteiger partial charge in [0.15, 0.2) is 11.6 Å². The van der Waals surface area contributed by atoms with Crippen molar-refractivity contribution in [2.75, 3.05) is 27.0 Å². The summed E-state index contributed by atoms with van der Waals surface area (Å²) in [6.07, 6.45) is -0.133. The van der Waals surface area contributed by atoms with Crippen LogP contribution in [0.5, 0.6) is 0 Å². The van der Waals surface area contributed by atoms with Crippen molar-refractivity contribution < 1.29 is 32.3 Å². The monoisotopic (exact) mass is 604 g/mol. The summed E-state index contributed by atoms with van der Waals surface area (Å²) in [6.45, 7) is 15.5. The van der Waals surface area contributed by atoms with E-state index in [1.165, 1.54) is 24.6 Å². The van der Waals surface area contributed by atoms with Gasteiger partial charge in [-0.1, -0.05) is 95.3 Å². The van der Waals surface area contributed by atoms with Crippen molar-refractivity contribution in [1.29, 1.82) is 0 Å². The molecule has 0 aliphatic carbocycles. The van der Waals surface area contributed by atoms with Crippen LogP contribution >= 0.6 is 7.60 Å². The van der Waals surface area contributed by atoms with Gasteiger partial charge in [-0.2, -0.15) is 0 Å². The van der Waals surface area contributed by atoms with Crippen molar-refractivity contribution in [1.82, 2.24) is 0 Å². The molecule has 0 amide bonds. The lowest BCUT2D eigenvalue weighted by atomic mass is 9.87. The Bertz CT molecular complexity index is 1120. The van der Waals surface area contributed by atoms with E-state index in [4.69, 9.17) is 22.9 Å². The fourth-order valence-electron chi connectivity index (χ4n) is 5.81. The number of carbonyl (C=O) groups excluding carboxylic acids is 1. The van der Waals surface area contributed by atoms with E-state index in [9.17, 15) is 9.36 Å². The number of benzene rings is 2. The predicted molar refractivity (Wildman–Crippen MR) is 166 cm³/mol. The Balaban J connectivity index is 1.73. The van der Waals surface area contributed by atoms with Gasteiger partial charge in [0.2, 0.25) is 0 Å². The Hall–Kier alpha value is -1.64. The van der Waals surface area contributed by atoms with E-state index in [0.29, 0.717) is 18.9 Å². The van der Waals surface area contributed by atoms with Gasteiger partial charge in [-0.3, -0.25) is 9.36 Å². The standard InChI is InChI=1S/C32H49O7PSi/c1-24(25(2)22-29-30(39-32(6,7)38-29)28(33)23-40(34,35-8)36-9)20-21-37-41(31(3,4)5,26-16-12-10-13-17-26)27-18-14-11-15-19-27/h10-19,24-25,29-30H,20-23H2,1-9H3/t24-,25+,29+,30+/m0/s1. The Kier molecular flexibility index (Phi) is 11.4. The molecule has 1 aliphatic rings. The Morgan fingerprint density at radius 1 is 0.927 bits per heavy atom. The van der Waals surface area contributed by atoms with Gasteiger partial charge >= 0.3 is 7.60 Å². The third-order valence-electron chi connectivity index (χ3n) is 8.29. The molecule has 3 rings (SSSR count). The van der Waals surface area contributed by atoms with Crippen molar-refractivity contribution in [2.24, 2.45) is 11.8 Å². The SMILES string of the molecule is COP(=O)(CC(=O)[C@H]1OC(C)(C)O[C@@H]1C[C@@H](C)[C@@H](C)CCO[Si](c1ccccc1)(c1ccccc1)C(C)(C)C)OC. The number of hydrogen-bond donors (Lipinski definition) is 0. The van der Waals surface area contributed by atoms with E-state index < -0.39 is 33.9 Å². The summed E-state index contributed by atoms with van der Waals surface area (Å²) >= 11 is 0. The summed E-state index contributed by atoms with van der Waals surface area (Å²) in [5.41, 5.74) is 0. The highest BCUT2D eigenvalue weighted by molar-refractivity contribution is 7.54. The molecular formula is C32H49O7PSi. The van der Waals surface area contributed by atoms with Gasteiger partial charge in [0.1, 0.15) is 12.3 Å². The van der Waals surface area contributed by atoms with Crippen LogP contribution in [0.15, 0.2) is 60.7 Å². The second-order valence-electron chi connectivity index (χ2n) is 12.7. The number of ether oxygens (including phenoxy) is 2. The topological polar surface area (TPSA) is 80.3 Å². The molecule has 228 valence electrons. The van der Waals surface area contributed by atoms with Crippen LogP contribution in [0.25, 0.3) is 0 Å². The van der Waals surface area contributed by atoms with Crippen LogP contribution in [0, 0.1) is 11.8 Å². The molecule has 0 unspecified atom stereocenters. The molecule has 0 radical (unpaired) electrons. The summed E-state index contributed by atoms with van der Waals surface area (Å²) in [5.74, 6) is -0.709. The second kappa shape index (κ2) is 13.8. The molecule has 1 heterocycles. The van der Waals surface area contributed by atoms with Crippen LogP contribution in [-0.2, 0) is 32.3 Å². The minimum absolute atomic E-state index is 0.0808. The van der Waals surface area contributed by atoms with Gasteiger partial charge in [-0.05, 0) is 53.9 Å². The Morgan fingerprint density at radius 3 is 1.90 bits per heavy atom. The normalized spacial score (nSPS) is 21.0. The van der Waals surface area contributed by atoms with Gasteiger partial charge in [-0.25, -0.2) is 0 Å². The first-order chi connectivity index (χ1) is 19.2. The van der Waals surface area contributed by atoms with Crippen LogP contribution < -0.4 is 10.4 Å². The predicted octanol–water partition coefficient (Wildman–Crippen LogP) is 6.19. The van der Waals surface area contributed by atoms with E-state index in [2.05, 4.69) is 95.3 Å². The van der Waals surface area contributed by atoms with Crippen LogP contribution in [0.3, 0.4) is 0 Å². The van der Waals surface area contributed by atoms with Crippen molar-refractivity contribution in [3.05, 3.63) is 60.7 Å². The number of hydrogen-bond acceptors (Lipinski definition) is 7. The molecule has 1 saturated heterocycles. The zero-order valence-electron chi connectivity index (χ0n) is 26.2. The lowest BCUT2D eigenvalue weighted by Gasteiger charge is -2.43. The van der Waals surface area contributed by atoms with Crippen molar-refractivity contribution in [2.45, 2.75) is 84.3 Å². The minimum atomic E-state index is -3.50. The highest BCUT2D eigenvalue weighted by atomic mass is 31.2. The fraction of sp³-hybridized carbons (Fsp3) is 0.594. The van der Waals surface area contributed by atoms with Gasteiger partial charge < -0.3 is 22.9 Å². The maximum Gasteiger partial charge on any atom is 0.337 e. The number of ketones is 1. The lowest BCUT2D eigenvalue weighted by molar-refractivity contribution is -0.154. The average molecular weight is 605 g/mol. The highest BCUT2D eigenvalue weighted by Crippen LogP contribution is 2.47. The molecule has 0 bridgehead atoms. The first kappa shape index (κ1) is 33.9. The van der Waals surface area contributed by atoms with Crippen LogP contribution in [-0.4, -0.2) is 59.1 Å². The van der Waals surface area contributed by atoms with E-state index >= 15 is 0 Å². The maximum atomic E-state index is 13.1. The van der Waals surface area contributed by atoms with Crippen LogP contribution in [0.1, 0.15) is 61.3 Å². The van der Waals surface area contributed by atoms with E-state index in [1.807, 2.05) is 0 Å². The quantitative estimate of drug-likeness (QED) is 0.188. The minimum Gasteiger partial charge on any atom is -0.407 e. The average Bonchev–Trinajstić information content (AvgIpc) is 3.24. The second-order valence-corrected chi connectivity index (χ2v) is 19.3. The molecule has 41 heavy (non-hydrogen) atoms. The summed E-state index contributed by atoms with van der Waals surface area (Å²) in [5, 5.41) is 2.45. The number of Topliss-reactive ketones (excluding diaryl/α,β-unsaturated/α-hetero) is 1. The zero-order chi connectivity index (χ0) is 30.5. The summed E-state index contributed by atoms with van der Waals surface area (Å²) in [7, 11) is -3.54. The molecule has 0 saturated carbocycles. The van der Waals surface area contributed by atoms with Crippen molar-refractivity contribution in [3.8, 4) is 0 Å². The highest BCUT2D eigenvalue weighted by Gasteiger charge is 2.50. The molecule has 0 aromatic heterocycles. The Morgan fingerprint density at radius 2 is 1.44 bits per heavy atom. The largest absolute Gasteiger partial charge is 0.407 e. The molecule has 2 aromatic rings. The smallest absolute Gasteiger partial charge is 0.337 e. The van der Waals surface area contributed by atoms with Gasteiger partial charge in [0.05, 0.1) is 6.10 Å². The molecule has 9 heteroatoms. The zero-order valence-corrected chi connectivity index (χ0v) is 28.1. The van der Waals surface area contributed by atoms with Gasteiger partial charge in [-0.15, -0.1) is 0 Å². The molecule has 1 fully saturated rings. The van der Waals surface area contributed by atoms with Gasteiger partial charge in [0, 0.05) is 20.8 Å². The lowest BCUT2D eigenvalue weighted by Crippen LogP contribution is -2.66. The van der Waals surface area contributed by atoms with Crippen molar-refractivity contribution >= 4 is 32.1 Å². The Labute approximate surface area is 247 Å². The molecule has 7 nitrogen and oxygen atoms in total. The third kappa shape index (κ3) is 8.05. The van der Waals surface area contributed by atoms with E-state index in [0.717, 1.165) is 6.42 Å². The number of carbonyl (C=O) groups is 1. The van der Waals surface area contributed by atoms with Crippen LogP contribution in [0.4, 0.5) is 0 Å². The van der Waals surface area contributed by atoms with Crippen molar-refractivity contribution in [3.63, 3.8) is 0 Å². The number of rotatable bonds is 14. The van der Waals surface area contributed by atoms with E-state index in [1.54, 1.807) is 13.8 Å². The molecule has 4 atom stereocenters. The molecule has 1 aliphatic heterocycles. The molecule has 0 spiro atoms. The fourth-order valence-corrected chi connectivity index (χ4v) is 11.4. The van der Waals surface area contributed by atoms with Crippen LogP contribution in [0.2, 0.25) is 5.04 Å². The van der Waals surface area contributed by atoms with Gasteiger partial charge in [0.25, 0.3) is 8.32 Å². The maximum absolute atomic E-state index is 13.1. The molecule has 2 aromatic carbocycles. The first-order valence-electron chi connectivity index (χ1n) is 14.5. The first-order valence-corrected chi connectivity index (χ1v) is 18.2. The molecular weight excluding hydrogens is 555 g/mol. The van der Waals surface area contributed by atoms with E-state index in [-0.39, 0.29) is 22.9 Å². The summed E-state index contributed by atoms with van der Waals surface area (Å²) < 4.78 is 41.8. The molecule has 0 N–H and O–H groups in total. The summed E-state index contributed by atoms with van der Waals surface area (Å²) in [4.78, 5) is 13.1. The summed E-state index contributed by atoms with van der Waals surface area (Å²) in [6, 6.07) is 21.3. The third-order valence-corrected chi connectivity index (χ3v) is 15.1.